The van der Waals surface area contributed by atoms with Crippen LogP contribution < -0.4 is 0 Å². The minimum atomic E-state index is -0.976. The lowest BCUT2D eigenvalue weighted by atomic mass is 10.1. The van der Waals surface area contributed by atoms with Crippen molar-refractivity contribution in [3.63, 3.8) is 0 Å². The molecule has 0 aromatic heterocycles. The van der Waals surface area contributed by atoms with E-state index >= 15 is 0 Å². The van der Waals surface area contributed by atoms with Gasteiger partial charge in [0.15, 0.2) is 5.78 Å². The molecule has 1 heterocycles. The maximum atomic E-state index is 11.3. The molecule has 1 atom stereocenters. The molecule has 0 N–H and O–H groups in total. The summed E-state index contributed by atoms with van der Waals surface area (Å²) in [6.07, 6.45) is 0. The van der Waals surface area contributed by atoms with Crippen molar-refractivity contribution in [1.29, 1.82) is 0 Å². The largest absolute Gasteiger partial charge is 0.295 e. The van der Waals surface area contributed by atoms with E-state index in [1.807, 2.05) is 30.3 Å². The normalized spacial score (nSPS) is 24.0. The van der Waals surface area contributed by atoms with Gasteiger partial charge >= 0.3 is 0 Å². The molecule has 0 amide bonds. The number of ketones is 1. The molecule has 15 heavy (non-hydrogen) atoms. The summed E-state index contributed by atoms with van der Waals surface area (Å²) in [5, 5.41) is 7.99. The first kappa shape index (κ1) is 9.71. The van der Waals surface area contributed by atoms with Crippen LogP contribution in [-0.2, 0) is 4.79 Å². The van der Waals surface area contributed by atoms with Crippen LogP contribution in [0.3, 0.4) is 0 Å². The Labute approximate surface area is 87.8 Å². The minimum Gasteiger partial charge on any atom is -0.295 e. The van der Waals surface area contributed by atoms with Gasteiger partial charge in [0.05, 0.1) is 11.4 Å². The smallest absolute Gasteiger partial charge is 0.266 e. The first-order valence-corrected chi connectivity index (χ1v) is 4.71. The Balaban J connectivity index is 2.16. The highest BCUT2D eigenvalue weighted by Gasteiger charge is 2.49. The monoisotopic (exact) mass is 201 g/mol. The third-order valence-corrected chi connectivity index (χ3v) is 2.34. The second-order valence-electron chi connectivity index (χ2n) is 3.46. The molecule has 1 aliphatic heterocycles. The Kier molecular flexibility index (Phi) is 2.19. The second-order valence-corrected chi connectivity index (χ2v) is 3.46. The SMILES string of the molecule is CC(=O)[C@@]1(N=Nc2ccccc2)N=C1C. The van der Waals surface area contributed by atoms with Crippen LogP contribution >= 0.6 is 0 Å². The fourth-order valence-corrected chi connectivity index (χ4v) is 1.34. The van der Waals surface area contributed by atoms with E-state index in [0.717, 1.165) is 11.4 Å². The van der Waals surface area contributed by atoms with E-state index in [4.69, 9.17) is 0 Å². The van der Waals surface area contributed by atoms with Crippen molar-refractivity contribution in [3.8, 4) is 0 Å². The lowest BCUT2D eigenvalue weighted by molar-refractivity contribution is -0.118. The van der Waals surface area contributed by atoms with Gasteiger partial charge in [-0.25, -0.2) is 4.99 Å². The maximum absolute atomic E-state index is 11.3. The summed E-state index contributed by atoms with van der Waals surface area (Å²) in [7, 11) is 0. The molecule has 0 unspecified atom stereocenters. The van der Waals surface area contributed by atoms with E-state index < -0.39 is 5.66 Å². The molecule has 1 aromatic carbocycles. The molecule has 1 aromatic rings. The van der Waals surface area contributed by atoms with Gasteiger partial charge < -0.3 is 0 Å². The number of benzene rings is 1. The highest BCUT2D eigenvalue weighted by atomic mass is 16.1. The minimum absolute atomic E-state index is 0.0836. The van der Waals surface area contributed by atoms with Crippen molar-refractivity contribution in [2.24, 2.45) is 15.2 Å². The highest BCUT2D eigenvalue weighted by Crippen LogP contribution is 2.32. The van der Waals surface area contributed by atoms with Gasteiger partial charge in [-0.05, 0) is 26.0 Å². The summed E-state index contributed by atoms with van der Waals surface area (Å²) in [5.74, 6) is -0.0836. The van der Waals surface area contributed by atoms with Gasteiger partial charge in [-0.2, -0.15) is 5.11 Å². The van der Waals surface area contributed by atoms with Gasteiger partial charge in [0, 0.05) is 0 Å². The summed E-state index contributed by atoms with van der Waals surface area (Å²) in [6.45, 7) is 3.26. The molecule has 0 radical (unpaired) electrons. The van der Waals surface area contributed by atoms with Gasteiger partial charge in [0.2, 0.25) is 0 Å². The predicted molar refractivity (Wildman–Crippen MR) is 57.5 cm³/mol. The molecule has 0 spiro atoms. The Hall–Kier alpha value is -1.84. The summed E-state index contributed by atoms with van der Waals surface area (Å²) >= 11 is 0. The van der Waals surface area contributed by atoms with Crippen LogP contribution in [0.5, 0.6) is 0 Å². The summed E-state index contributed by atoms with van der Waals surface area (Å²) in [6, 6.07) is 9.30. The van der Waals surface area contributed by atoms with Gasteiger partial charge in [-0.1, -0.05) is 18.2 Å². The third-order valence-electron chi connectivity index (χ3n) is 2.34. The van der Waals surface area contributed by atoms with E-state index in [1.165, 1.54) is 6.92 Å². The number of hydrogen-bond acceptors (Lipinski definition) is 4. The zero-order valence-corrected chi connectivity index (χ0v) is 8.64. The van der Waals surface area contributed by atoms with E-state index in [9.17, 15) is 4.79 Å². The van der Waals surface area contributed by atoms with Gasteiger partial charge in [0.1, 0.15) is 0 Å². The maximum Gasteiger partial charge on any atom is 0.266 e. The van der Waals surface area contributed by atoms with Crippen molar-refractivity contribution in [1.82, 2.24) is 0 Å². The van der Waals surface area contributed by atoms with Gasteiger partial charge in [-0.3, -0.25) is 4.79 Å². The Bertz CT molecular complexity index is 450. The molecule has 1 aliphatic rings. The summed E-state index contributed by atoms with van der Waals surface area (Å²) < 4.78 is 0. The van der Waals surface area contributed by atoms with E-state index in [1.54, 1.807) is 6.92 Å². The van der Waals surface area contributed by atoms with Gasteiger partial charge in [0.25, 0.3) is 5.66 Å². The Morgan fingerprint density at radius 2 is 1.93 bits per heavy atom. The average molecular weight is 201 g/mol. The molecular formula is C11H11N3O. The average Bonchev–Trinajstić information content (AvgIpc) is 2.90. The molecular weight excluding hydrogens is 190 g/mol. The topological polar surface area (TPSA) is 54.1 Å². The van der Waals surface area contributed by atoms with Crippen molar-refractivity contribution >= 4 is 17.2 Å². The molecule has 0 saturated heterocycles. The number of hydrogen-bond donors (Lipinski definition) is 0. The number of aliphatic imine (C=N–C) groups is 1. The predicted octanol–water partition coefficient (Wildman–Crippen LogP) is 2.53. The van der Waals surface area contributed by atoms with E-state index in [2.05, 4.69) is 15.2 Å². The van der Waals surface area contributed by atoms with Crippen LogP contribution in [-0.4, -0.2) is 17.2 Å². The van der Waals surface area contributed by atoms with Crippen molar-refractivity contribution in [2.75, 3.05) is 0 Å². The zero-order valence-electron chi connectivity index (χ0n) is 8.64. The Morgan fingerprint density at radius 1 is 1.33 bits per heavy atom. The molecule has 2 rings (SSSR count). The molecule has 0 saturated carbocycles. The number of Topliss-reactive ketones (excluding diaryl/α,β-unsaturated/α-hetero) is 1. The van der Waals surface area contributed by atoms with Crippen LogP contribution in [0.1, 0.15) is 13.8 Å². The zero-order chi connectivity index (χ0) is 10.9. The summed E-state index contributed by atoms with van der Waals surface area (Å²) in [5.41, 5.74) is 0.484. The second kappa shape index (κ2) is 3.38. The molecule has 0 fully saturated rings. The number of rotatable bonds is 3. The molecule has 4 heteroatoms. The molecule has 0 bridgehead atoms. The van der Waals surface area contributed by atoms with E-state index in [0.29, 0.717) is 0 Å². The molecule has 76 valence electrons. The van der Waals surface area contributed by atoms with Crippen LogP contribution in [0, 0.1) is 0 Å². The lowest BCUT2D eigenvalue weighted by Gasteiger charge is -2.01. The van der Waals surface area contributed by atoms with Crippen LogP contribution in [0.2, 0.25) is 0 Å². The first-order chi connectivity index (χ1) is 7.15. The van der Waals surface area contributed by atoms with Crippen LogP contribution in [0.25, 0.3) is 0 Å². The van der Waals surface area contributed by atoms with Crippen LogP contribution in [0.15, 0.2) is 45.6 Å². The summed E-state index contributed by atoms with van der Waals surface area (Å²) in [4.78, 5) is 15.3. The standard InChI is InChI=1S/C11H11N3O/c1-8-11(12-8,9(2)15)14-13-10-6-4-3-5-7-10/h3-7H,1-2H3/t11-/m1/s1. The van der Waals surface area contributed by atoms with Crippen molar-refractivity contribution in [2.45, 2.75) is 19.5 Å². The van der Waals surface area contributed by atoms with Gasteiger partial charge in [-0.15, -0.1) is 5.11 Å². The molecule has 4 nitrogen and oxygen atoms in total. The number of carbonyl (C=O) groups excluding carboxylic acids is 1. The number of carbonyl (C=O) groups is 1. The Morgan fingerprint density at radius 3 is 2.40 bits per heavy atom. The lowest BCUT2D eigenvalue weighted by Crippen LogP contribution is -2.23. The van der Waals surface area contributed by atoms with E-state index in [-0.39, 0.29) is 5.78 Å². The fraction of sp³-hybridized carbons (Fsp3) is 0.273. The van der Waals surface area contributed by atoms with Crippen molar-refractivity contribution in [3.05, 3.63) is 30.3 Å². The fourth-order valence-electron chi connectivity index (χ4n) is 1.34. The van der Waals surface area contributed by atoms with Crippen LogP contribution in [0.4, 0.5) is 5.69 Å². The number of azo groups is 1. The van der Waals surface area contributed by atoms with Crippen molar-refractivity contribution < 1.29 is 4.79 Å². The third kappa shape index (κ3) is 1.70. The number of nitrogens with zero attached hydrogens (tertiary/aromatic N) is 3. The molecule has 0 aliphatic carbocycles. The quantitative estimate of drug-likeness (QED) is 0.693. The first-order valence-electron chi connectivity index (χ1n) is 4.71. The highest BCUT2D eigenvalue weighted by molar-refractivity contribution is 6.21.